The molecule has 2 aromatic heterocycles. The van der Waals surface area contributed by atoms with Gasteiger partial charge in [-0.3, -0.25) is 4.79 Å². The second kappa shape index (κ2) is 5.35. The van der Waals surface area contributed by atoms with Crippen LogP contribution in [0.2, 0.25) is 0 Å². The molecular formula is C12H6KO8. The Bertz CT molecular complexity index is 985. The first-order valence-corrected chi connectivity index (χ1v) is 5.27. The molecule has 0 aliphatic rings. The maximum absolute atomic E-state index is 11.7. The Kier molecular flexibility index (Phi) is 4.04. The summed E-state index contributed by atoms with van der Waals surface area (Å²) in [6, 6.07) is 1.67. The van der Waals surface area contributed by atoms with E-state index in [4.69, 9.17) is 8.83 Å². The van der Waals surface area contributed by atoms with Gasteiger partial charge in [0.1, 0.15) is 0 Å². The number of aromatic hydroxyl groups is 4. The summed E-state index contributed by atoms with van der Waals surface area (Å²) < 4.78 is 9.64. The van der Waals surface area contributed by atoms with Crippen LogP contribution < -0.4 is 11.1 Å². The summed E-state index contributed by atoms with van der Waals surface area (Å²) in [5, 5.41) is 37.2. The molecule has 2 heterocycles. The van der Waals surface area contributed by atoms with E-state index in [2.05, 4.69) is 0 Å². The minimum atomic E-state index is -0.972. The molecule has 0 unspecified atom stereocenters. The summed E-state index contributed by atoms with van der Waals surface area (Å²) in [5.74, 6) is -3.40. The van der Waals surface area contributed by atoms with Gasteiger partial charge >= 0.3 is 11.6 Å². The van der Waals surface area contributed by atoms with E-state index in [1.165, 1.54) is 0 Å². The van der Waals surface area contributed by atoms with Crippen molar-refractivity contribution >= 4 is 73.3 Å². The van der Waals surface area contributed by atoms with Gasteiger partial charge in [-0.15, -0.1) is 0 Å². The second-order valence-corrected chi connectivity index (χ2v) is 4.01. The molecule has 0 saturated carbocycles. The average molecular weight is 317 g/mol. The number of hydrogen-bond donors (Lipinski definition) is 4. The van der Waals surface area contributed by atoms with Gasteiger partial charge in [0.05, 0.1) is 10.8 Å². The summed E-state index contributed by atoms with van der Waals surface area (Å²) >= 11 is 0. The molecular weight excluding hydrogens is 311 g/mol. The van der Waals surface area contributed by atoms with E-state index in [0.717, 1.165) is 12.1 Å². The van der Waals surface area contributed by atoms with Gasteiger partial charge in [-0.25, -0.2) is 4.79 Å². The number of rotatable bonds is 0. The average Bonchev–Trinajstić information content (AvgIpc) is 2.39. The minimum Gasteiger partial charge on any atom is -0.504 e. The normalized spacial score (nSPS) is 10.7. The first-order valence-electron chi connectivity index (χ1n) is 5.27. The van der Waals surface area contributed by atoms with Crippen LogP contribution in [0.1, 0.15) is 0 Å². The monoisotopic (exact) mass is 317 g/mol. The van der Waals surface area contributed by atoms with Crippen LogP contribution in [-0.2, 0) is 0 Å². The first-order chi connectivity index (χ1) is 9.40. The molecule has 0 saturated heterocycles. The predicted octanol–water partition coefficient (Wildman–Crippen LogP) is 0.341. The van der Waals surface area contributed by atoms with Crippen molar-refractivity contribution in [3.05, 3.63) is 32.8 Å². The van der Waals surface area contributed by atoms with Crippen LogP contribution in [0.3, 0.4) is 0 Å². The van der Waals surface area contributed by atoms with Crippen LogP contribution >= 0.6 is 0 Å². The van der Waals surface area contributed by atoms with Crippen molar-refractivity contribution in [3.8, 4) is 23.2 Å². The van der Waals surface area contributed by atoms with Crippen molar-refractivity contribution in [1.82, 2.24) is 0 Å². The Balaban J connectivity index is 0.00000161. The van der Waals surface area contributed by atoms with Gasteiger partial charge in [-0.2, -0.15) is 0 Å². The Labute approximate surface area is 157 Å². The third kappa shape index (κ3) is 2.32. The third-order valence-corrected chi connectivity index (χ3v) is 2.80. The predicted molar refractivity (Wildman–Crippen MR) is 70.9 cm³/mol. The molecule has 1 radical (unpaired) electrons. The van der Waals surface area contributed by atoms with E-state index in [1.807, 2.05) is 0 Å². The van der Waals surface area contributed by atoms with Gasteiger partial charge < -0.3 is 29.3 Å². The summed E-state index contributed by atoms with van der Waals surface area (Å²) in [6.45, 7) is 0. The van der Waals surface area contributed by atoms with Gasteiger partial charge in [-0.05, 0) is 0 Å². The van der Waals surface area contributed by atoms with Crippen molar-refractivity contribution in [2.45, 2.75) is 0 Å². The fraction of sp³-hybridized carbons (Fsp3) is 0. The summed E-state index contributed by atoms with van der Waals surface area (Å²) in [4.78, 5) is 23.1. The molecule has 8 nitrogen and oxygen atoms in total. The van der Waals surface area contributed by atoms with Crippen molar-refractivity contribution in [3.63, 3.8) is 0 Å². The van der Waals surface area contributed by atoms with Crippen LogP contribution in [0.5, 0.6) is 23.2 Å². The van der Waals surface area contributed by atoms with Gasteiger partial charge in [0.25, 0.3) is 0 Å². The van der Waals surface area contributed by atoms with Gasteiger partial charge in [0, 0.05) is 63.5 Å². The summed E-state index contributed by atoms with van der Waals surface area (Å²) in [5.41, 5.74) is -2.52. The Morgan fingerprint density at radius 3 is 2.24 bits per heavy atom. The molecule has 9 heteroatoms. The largest absolute Gasteiger partial charge is 0.504 e. The van der Waals surface area contributed by atoms with Crippen molar-refractivity contribution in [2.24, 2.45) is 0 Å². The zero-order valence-electron chi connectivity index (χ0n) is 10.6. The number of fused-ring (bicyclic) bond motifs is 3. The molecule has 0 bridgehead atoms. The molecule has 0 amide bonds. The molecule has 3 rings (SSSR count). The molecule has 0 spiro atoms. The van der Waals surface area contributed by atoms with Crippen molar-refractivity contribution < 1.29 is 29.3 Å². The van der Waals surface area contributed by atoms with E-state index in [1.54, 1.807) is 0 Å². The summed E-state index contributed by atoms with van der Waals surface area (Å²) in [6.07, 6.45) is 0. The number of phenols is 2. The van der Waals surface area contributed by atoms with Crippen LogP contribution in [0.4, 0.5) is 0 Å². The SMILES string of the molecule is O=c1cc2c(=O)oc3cc(O)c(O)oc3c2c(O)c1O.[K]. The molecule has 3 aromatic rings. The smallest absolute Gasteiger partial charge is 0.344 e. The molecule has 103 valence electrons. The van der Waals surface area contributed by atoms with E-state index < -0.39 is 34.2 Å². The maximum Gasteiger partial charge on any atom is 0.344 e. The Hall–Kier alpha value is -1.52. The van der Waals surface area contributed by atoms with Gasteiger partial charge in [0.15, 0.2) is 16.9 Å². The molecule has 0 aliphatic heterocycles. The van der Waals surface area contributed by atoms with Crippen LogP contribution in [-0.4, -0.2) is 71.8 Å². The maximum atomic E-state index is 11.7. The van der Waals surface area contributed by atoms with E-state index in [9.17, 15) is 30.0 Å². The fourth-order valence-electron chi connectivity index (χ4n) is 1.88. The minimum absolute atomic E-state index is 0. The Morgan fingerprint density at radius 1 is 0.905 bits per heavy atom. The standard InChI is InChI=1S/C12H6O8.K/c13-4-1-3-7(9(16)8(4)15)10-6(19-11(3)17)2-5(14)12(18)20-10;/h1-2,14-16,18H;. The number of benzene rings is 1. The van der Waals surface area contributed by atoms with Crippen molar-refractivity contribution in [2.75, 3.05) is 0 Å². The van der Waals surface area contributed by atoms with Crippen molar-refractivity contribution in [1.29, 1.82) is 0 Å². The molecule has 0 fully saturated rings. The fourth-order valence-corrected chi connectivity index (χ4v) is 1.88. The van der Waals surface area contributed by atoms with Gasteiger partial charge in [-0.1, -0.05) is 0 Å². The van der Waals surface area contributed by atoms with E-state index >= 15 is 0 Å². The van der Waals surface area contributed by atoms with Crippen LogP contribution in [0, 0.1) is 0 Å². The van der Waals surface area contributed by atoms with Crippen LogP contribution in [0.15, 0.2) is 30.6 Å². The zero-order valence-corrected chi connectivity index (χ0v) is 13.7. The first kappa shape index (κ1) is 15.9. The third-order valence-electron chi connectivity index (χ3n) is 2.80. The molecule has 0 aliphatic carbocycles. The van der Waals surface area contributed by atoms with Crippen LogP contribution in [0.25, 0.3) is 21.9 Å². The zero-order chi connectivity index (χ0) is 14.6. The van der Waals surface area contributed by atoms with E-state index in [-0.39, 0.29) is 73.3 Å². The number of hydrogen-bond acceptors (Lipinski definition) is 8. The molecule has 0 atom stereocenters. The molecule has 21 heavy (non-hydrogen) atoms. The number of phenolic OH excluding ortho intramolecular Hbond substituents is 2. The second-order valence-electron chi connectivity index (χ2n) is 4.01. The quantitative estimate of drug-likeness (QED) is 0.264. The topological polar surface area (TPSA) is 141 Å². The molecule has 1 aromatic carbocycles. The van der Waals surface area contributed by atoms with E-state index in [0.29, 0.717) is 0 Å². The Morgan fingerprint density at radius 2 is 1.57 bits per heavy atom. The molecule has 4 N–H and O–H groups in total. The summed E-state index contributed by atoms with van der Waals surface area (Å²) in [7, 11) is 0. The van der Waals surface area contributed by atoms with Gasteiger partial charge in [0.2, 0.25) is 16.9 Å².